The Labute approximate surface area is 55.6 Å². The summed E-state index contributed by atoms with van der Waals surface area (Å²) in [7, 11) is 0. The molecule has 0 unspecified atom stereocenters. The summed E-state index contributed by atoms with van der Waals surface area (Å²) >= 11 is 0. The molecule has 2 amide bonds. The minimum absolute atomic E-state index is 0.362. The highest BCUT2D eigenvalue weighted by Gasteiger charge is 1.95. The monoisotopic (exact) mass is 142 g/mol. The summed E-state index contributed by atoms with van der Waals surface area (Å²) in [6.45, 7) is 0. The maximum Gasteiger partial charge on any atom is 0.332 e. The van der Waals surface area contributed by atoms with Gasteiger partial charge in [-0.2, -0.15) is 4.79 Å². The lowest BCUT2D eigenvalue weighted by molar-refractivity contribution is 0.256. The Hall–Kier alpha value is -1.72. The molecule has 0 aliphatic heterocycles. The van der Waals surface area contributed by atoms with Crippen LogP contribution in [0.25, 0.3) is 0 Å². The van der Waals surface area contributed by atoms with Crippen LogP contribution < -0.4 is 16.7 Å². The molecule has 1 aromatic heterocycles. The fourth-order valence-corrected chi connectivity index (χ4v) is 0.519. The predicted molar refractivity (Wildman–Crippen MR) is 34.0 cm³/mol. The van der Waals surface area contributed by atoms with Gasteiger partial charge in [0, 0.05) is 12.3 Å². The Bertz CT molecular complexity index is 285. The molecular weight excluding hydrogens is 136 g/mol. The second-order valence-corrected chi connectivity index (χ2v) is 1.61. The molecule has 1 rings (SSSR count). The smallest absolute Gasteiger partial charge is 0.332 e. The molecule has 0 aromatic carbocycles. The van der Waals surface area contributed by atoms with Crippen molar-refractivity contribution in [2.24, 2.45) is 5.73 Å². The lowest BCUT2D eigenvalue weighted by Crippen LogP contribution is -2.34. The average Bonchev–Trinajstić information content (AvgIpc) is 2.15. The molecule has 0 aliphatic carbocycles. The quantitative estimate of drug-likeness (QED) is 0.459. The van der Waals surface area contributed by atoms with E-state index in [-0.39, 0.29) is 5.56 Å². The van der Waals surface area contributed by atoms with Crippen LogP contribution in [0.1, 0.15) is 0 Å². The Balaban J connectivity index is 2.85. The maximum absolute atomic E-state index is 10.6. The Kier molecular flexibility index (Phi) is 1.44. The first kappa shape index (κ1) is 6.40. The molecule has 0 fully saturated rings. The SMILES string of the molecule is NC(=O)Nn1[nH]ccc1=O. The lowest BCUT2D eigenvalue weighted by atomic mass is 10.7. The second-order valence-electron chi connectivity index (χ2n) is 1.61. The Morgan fingerprint density at radius 3 is 2.90 bits per heavy atom. The minimum atomic E-state index is -0.787. The number of nitrogens with two attached hydrogens (primary N) is 1. The zero-order chi connectivity index (χ0) is 7.56. The van der Waals surface area contributed by atoms with Gasteiger partial charge in [-0.1, -0.05) is 0 Å². The molecule has 0 spiro atoms. The largest absolute Gasteiger partial charge is 0.350 e. The summed E-state index contributed by atoms with van der Waals surface area (Å²) in [6.07, 6.45) is 1.39. The van der Waals surface area contributed by atoms with Crippen molar-refractivity contribution < 1.29 is 4.79 Å². The van der Waals surface area contributed by atoms with Crippen LogP contribution in [0, 0.1) is 0 Å². The number of urea groups is 1. The number of aromatic nitrogens is 2. The molecule has 1 heterocycles. The van der Waals surface area contributed by atoms with Crippen molar-refractivity contribution in [3.8, 4) is 0 Å². The van der Waals surface area contributed by atoms with Crippen LogP contribution >= 0.6 is 0 Å². The third-order valence-electron chi connectivity index (χ3n) is 0.872. The van der Waals surface area contributed by atoms with Crippen molar-refractivity contribution in [2.45, 2.75) is 0 Å². The normalized spacial score (nSPS) is 9.20. The summed E-state index contributed by atoms with van der Waals surface area (Å²) in [5, 5.41) is 2.43. The van der Waals surface area contributed by atoms with Crippen LogP contribution in [0.3, 0.4) is 0 Å². The van der Waals surface area contributed by atoms with Gasteiger partial charge in [0.15, 0.2) is 0 Å². The third kappa shape index (κ3) is 1.16. The summed E-state index contributed by atoms with van der Waals surface area (Å²) in [4.78, 5) is 21.6. The number of carbonyl (C=O) groups excluding carboxylic acids is 1. The molecule has 6 heteroatoms. The van der Waals surface area contributed by atoms with E-state index < -0.39 is 6.03 Å². The number of nitrogens with one attached hydrogen (secondary N) is 2. The maximum atomic E-state index is 10.6. The van der Waals surface area contributed by atoms with E-state index in [0.717, 1.165) is 4.79 Å². The van der Waals surface area contributed by atoms with Crippen LogP contribution in [-0.4, -0.2) is 15.9 Å². The van der Waals surface area contributed by atoms with Gasteiger partial charge in [-0.25, -0.2) is 10.2 Å². The lowest BCUT2D eigenvalue weighted by Gasteiger charge is -1.97. The fourth-order valence-electron chi connectivity index (χ4n) is 0.519. The van der Waals surface area contributed by atoms with Crippen molar-refractivity contribution in [1.82, 2.24) is 9.89 Å². The number of nitrogens with zero attached hydrogens (tertiary/aromatic N) is 1. The van der Waals surface area contributed by atoms with Crippen molar-refractivity contribution in [1.29, 1.82) is 0 Å². The molecule has 0 atom stereocenters. The van der Waals surface area contributed by atoms with E-state index in [1.807, 2.05) is 5.43 Å². The Morgan fingerprint density at radius 1 is 1.80 bits per heavy atom. The molecule has 0 saturated heterocycles. The molecular formula is C4H6N4O2. The van der Waals surface area contributed by atoms with Gasteiger partial charge in [0.1, 0.15) is 0 Å². The van der Waals surface area contributed by atoms with E-state index >= 15 is 0 Å². The first-order chi connectivity index (χ1) is 4.70. The van der Waals surface area contributed by atoms with Gasteiger partial charge in [0.05, 0.1) is 0 Å². The van der Waals surface area contributed by atoms with Gasteiger partial charge >= 0.3 is 6.03 Å². The van der Waals surface area contributed by atoms with E-state index in [2.05, 4.69) is 5.10 Å². The molecule has 10 heavy (non-hydrogen) atoms. The highest BCUT2D eigenvalue weighted by molar-refractivity contribution is 5.79. The Morgan fingerprint density at radius 2 is 2.50 bits per heavy atom. The van der Waals surface area contributed by atoms with Gasteiger partial charge in [0.25, 0.3) is 5.56 Å². The number of carbonyl (C=O) groups is 1. The number of amides is 2. The van der Waals surface area contributed by atoms with E-state index in [0.29, 0.717) is 0 Å². The zero-order valence-corrected chi connectivity index (χ0v) is 5.00. The van der Waals surface area contributed by atoms with Crippen LogP contribution in [0.15, 0.2) is 17.1 Å². The summed E-state index contributed by atoms with van der Waals surface area (Å²) in [5.41, 5.74) is 6.40. The summed E-state index contributed by atoms with van der Waals surface area (Å²) in [6, 6.07) is 0.472. The summed E-state index contributed by atoms with van der Waals surface area (Å²) in [5.74, 6) is 0. The first-order valence-electron chi connectivity index (χ1n) is 2.53. The topological polar surface area (TPSA) is 92.9 Å². The second kappa shape index (κ2) is 2.26. The van der Waals surface area contributed by atoms with Crippen LogP contribution in [0.2, 0.25) is 0 Å². The predicted octanol–water partition coefficient (Wildman–Crippen LogP) is -1.20. The van der Waals surface area contributed by atoms with Crippen molar-refractivity contribution in [3.05, 3.63) is 22.6 Å². The summed E-state index contributed by atoms with van der Waals surface area (Å²) < 4.78 is 0. The van der Waals surface area contributed by atoms with Crippen molar-refractivity contribution in [3.63, 3.8) is 0 Å². The van der Waals surface area contributed by atoms with Crippen LogP contribution in [0.4, 0.5) is 4.79 Å². The molecule has 1 aromatic rings. The van der Waals surface area contributed by atoms with E-state index in [4.69, 9.17) is 5.73 Å². The van der Waals surface area contributed by atoms with Gasteiger partial charge in [0.2, 0.25) is 0 Å². The van der Waals surface area contributed by atoms with Gasteiger partial charge in [-0.3, -0.25) is 9.89 Å². The number of hydrogen-bond acceptors (Lipinski definition) is 2. The molecule has 0 bridgehead atoms. The van der Waals surface area contributed by atoms with Crippen LogP contribution in [0.5, 0.6) is 0 Å². The molecule has 6 nitrogen and oxygen atoms in total. The number of H-pyrrole nitrogens is 1. The molecule has 0 radical (unpaired) electrons. The number of rotatable bonds is 1. The molecule has 4 N–H and O–H groups in total. The highest BCUT2D eigenvalue weighted by Crippen LogP contribution is 1.67. The minimum Gasteiger partial charge on any atom is -0.350 e. The third-order valence-corrected chi connectivity index (χ3v) is 0.872. The number of primary amides is 1. The highest BCUT2D eigenvalue weighted by atomic mass is 16.2. The number of aromatic amines is 1. The van der Waals surface area contributed by atoms with Gasteiger partial charge in [-0.05, 0) is 0 Å². The average molecular weight is 142 g/mol. The standard InChI is InChI=1S/C4H6N4O2/c5-4(10)7-8-3(9)1-2-6-8/h1-2,6H,(H3,5,7,10). The first-order valence-corrected chi connectivity index (χ1v) is 2.53. The van der Waals surface area contributed by atoms with Crippen molar-refractivity contribution >= 4 is 6.03 Å². The van der Waals surface area contributed by atoms with E-state index in [1.54, 1.807) is 0 Å². The van der Waals surface area contributed by atoms with Gasteiger partial charge < -0.3 is 5.73 Å². The van der Waals surface area contributed by atoms with E-state index in [9.17, 15) is 9.59 Å². The molecule has 54 valence electrons. The number of hydrogen-bond donors (Lipinski definition) is 3. The fraction of sp³-hybridized carbons (Fsp3) is 0. The molecule has 0 saturated carbocycles. The van der Waals surface area contributed by atoms with Gasteiger partial charge in [-0.15, -0.1) is 0 Å². The van der Waals surface area contributed by atoms with Crippen molar-refractivity contribution in [2.75, 3.05) is 5.43 Å². The zero-order valence-electron chi connectivity index (χ0n) is 5.00. The van der Waals surface area contributed by atoms with E-state index in [1.165, 1.54) is 12.3 Å². The van der Waals surface area contributed by atoms with Crippen LogP contribution in [-0.2, 0) is 0 Å². The molecule has 0 aliphatic rings.